The fourth-order valence-electron chi connectivity index (χ4n) is 1.99. The molecule has 110 valence electrons. The lowest BCUT2D eigenvalue weighted by molar-refractivity contribution is 0.0953. The van der Waals surface area contributed by atoms with E-state index >= 15 is 0 Å². The molecule has 0 spiro atoms. The minimum absolute atomic E-state index is 0.0546. The topological polar surface area (TPSA) is 46.2 Å². The summed E-state index contributed by atoms with van der Waals surface area (Å²) in [5.41, 5.74) is 1.91. The molecule has 0 atom stereocenters. The number of aryl methyl sites for hydroxylation is 1. The predicted molar refractivity (Wildman–Crippen MR) is 86.2 cm³/mol. The van der Waals surface area contributed by atoms with Gasteiger partial charge in [-0.2, -0.15) is 0 Å². The van der Waals surface area contributed by atoms with Crippen LogP contribution in [0.2, 0.25) is 0 Å². The summed E-state index contributed by atoms with van der Waals surface area (Å²) in [6.45, 7) is 4.23. The SMILES string of the molecule is CCc1ccc(C(=O)NCCc2ccc(C(C)=O)s2)cc1. The first kappa shape index (κ1) is 15.4. The van der Waals surface area contributed by atoms with Crippen molar-refractivity contribution in [1.82, 2.24) is 5.32 Å². The highest BCUT2D eigenvalue weighted by molar-refractivity contribution is 7.14. The van der Waals surface area contributed by atoms with Crippen LogP contribution in [-0.2, 0) is 12.8 Å². The summed E-state index contributed by atoms with van der Waals surface area (Å²) in [6, 6.07) is 11.5. The lowest BCUT2D eigenvalue weighted by Gasteiger charge is -2.05. The minimum Gasteiger partial charge on any atom is -0.352 e. The summed E-state index contributed by atoms with van der Waals surface area (Å²) < 4.78 is 0. The van der Waals surface area contributed by atoms with Crippen LogP contribution in [0.15, 0.2) is 36.4 Å². The second kappa shape index (κ2) is 7.18. The van der Waals surface area contributed by atoms with Crippen LogP contribution in [-0.4, -0.2) is 18.2 Å². The molecule has 4 heteroatoms. The fraction of sp³-hybridized carbons (Fsp3) is 0.294. The molecule has 1 amide bonds. The van der Waals surface area contributed by atoms with E-state index in [4.69, 9.17) is 0 Å². The molecule has 3 nitrogen and oxygen atoms in total. The maximum absolute atomic E-state index is 12.0. The van der Waals surface area contributed by atoms with Gasteiger partial charge in [-0.15, -0.1) is 11.3 Å². The first-order valence-electron chi connectivity index (χ1n) is 7.07. The molecule has 0 aliphatic rings. The van der Waals surface area contributed by atoms with Gasteiger partial charge in [0.1, 0.15) is 0 Å². The van der Waals surface area contributed by atoms with E-state index in [1.54, 1.807) is 6.92 Å². The van der Waals surface area contributed by atoms with Crippen LogP contribution in [0.3, 0.4) is 0 Å². The Hall–Kier alpha value is -1.94. The van der Waals surface area contributed by atoms with Gasteiger partial charge in [0.2, 0.25) is 0 Å². The van der Waals surface area contributed by atoms with Crippen molar-refractivity contribution in [3.05, 3.63) is 57.3 Å². The molecule has 0 aliphatic heterocycles. The van der Waals surface area contributed by atoms with Crippen molar-refractivity contribution >= 4 is 23.0 Å². The lowest BCUT2D eigenvalue weighted by Crippen LogP contribution is -2.25. The van der Waals surface area contributed by atoms with Crippen molar-refractivity contribution in [3.63, 3.8) is 0 Å². The number of thiophene rings is 1. The molecule has 0 aliphatic carbocycles. The fourth-order valence-corrected chi connectivity index (χ4v) is 2.90. The third kappa shape index (κ3) is 4.26. The van der Waals surface area contributed by atoms with Crippen LogP contribution in [0, 0.1) is 0 Å². The second-order valence-corrected chi connectivity index (χ2v) is 6.05. The first-order chi connectivity index (χ1) is 10.1. The molecule has 1 N–H and O–H groups in total. The van der Waals surface area contributed by atoms with Gasteiger partial charge in [0.15, 0.2) is 5.78 Å². The van der Waals surface area contributed by atoms with E-state index in [9.17, 15) is 9.59 Å². The summed E-state index contributed by atoms with van der Waals surface area (Å²) in [6.07, 6.45) is 1.72. The van der Waals surface area contributed by atoms with Crippen molar-refractivity contribution in [3.8, 4) is 0 Å². The molecule has 0 bridgehead atoms. The van der Waals surface area contributed by atoms with Crippen molar-refractivity contribution < 1.29 is 9.59 Å². The molecule has 0 fully saturated rings. The average Bonchev–Trinajstić information content (AvgIpc) is 2.96. The number of rotatable bonds is 6. The molecule has 0 radical (unpaired) electrons. The smallest absolute Gasteiger partial charge is 0.251 e. The maximum Gasteiger partial charge on any atom is 0.251 e. The molecule has 1 heterocycles. The van der Waals surface area contributed by atoms with Crippen molar-refractivity contribution in [2.75, 3.05) is 6.54 Å². The molecular formula is C17H19NO2S. The van der Waals surface area contributed by atoms with E-state index in [1.807, 2.05) is 36.4 Å². The van der Waals surface area contributed by atoms with Gasteiger partial charge < -0.3 is 5.32 Å². The third-order valence-corrected chi connectivity index (χ3v) is 4.54. The maximum atomic E-state index is 12.0. The monoisotopic (exact) mass is 301 g/mol. The van der Waals surface area contributed by atoms with Gasteiger partial charge >= 0.3 is 0 Å². The van der Waals surface area contributed by atoms with Crippen LogP contribution in [0.4, 0.5) is 0 Å². The highest BCUT2D eigenvalue weighted by Crippen LogP contribution is 2.17. The van der Waals surface area contributed by atoms with E-state index < -0.39 is 0 Å². The second-order valence-electron chi connectivity index (χ2n) is 4.88. The number of hydrogen-bond donors (Lipinski definition) is 1. The predicted octanol–water partition coefficient (Wildman–Crippen LogP) is 3.49. The van der Waals surface area contributed by atoms with Crippen LogP contribution < -0.4 is 5.32 Å². The van der Waals surface area contributed by atoms with Crippen LogP contribution >= 0.6 is 11.3 Å². The zero-order valence-electron chi connectivity index (χ0n) is 12.3. The Morgan fingerprint density at radius 3 is 2.38 bits per heavy atom. The molecule has 0 unspecified atom stereocenters. The van der Waals surface area contributed by atoms with Gasteiger partial charge in [-0.25, -0.2) is 0 Å². The van der Waals surface area contributed by atoms with E-state index in [2.05, 4.69) is 12.2 Å². The van der Waals surface area contributed by atoms with Gasteiger partial charge in [-0.1, -0.05) is 19.1 Å². The highest BCUT2D eigenvalue weighted by atomic mass is 32.1. The van der Waals surface area contributed by atoms with Crippen molar-refractivity contribution in [1.29, 1.82) is 0 Å². The molecule has 0 saturated heterocycles. The van der Waals surface area contributed by atoms with E-state index in [1.165, 1.54) is 16.9 Å². The first-order valence-corrected chi connectivity index (χ1v) is 7.88. The summed E-state index contributed by atoms with van der Waals surface area (Å²) >= 11 is 1.49. The Morgan fingerprint density at radius 1 is 1.10 bits per heavy atom. The van der Waals surface area contributed by atoms with E-state index in [0.29, 0.717) is 12.1 Å². The van der Waals surface area contributed by atoms with Crippen molar-refractivity contribution in [2.45, 2.75) is 26.7 Å². The average molecular weight is 301 g/mol. The number of benzene rings is 1. The summed E-state index contributed by atoms with van der Waals surface area (Å²) in [4.78, 5) is 25.1. The number of carbonyl (C=O) groups is 2. The normalized spacial score (nSPS) is 10.4. The molecule has 1 aromatic carbocycles. The van der Waals surface area contributed by atoms with Crippen LogP contribution in [0.25, 0.3) is 0 Å². The lowest BCUT2D eigenvalue weighted by atomic mass is 10.1. The zero-order chi connectivity index (χ0) is 15.2. The largest absolute Gasteiger partial charge is 0.352 e. The standard InChI is InChI=1S/C17H19NO2S/c1-3-13-4-6-14(7-5-13)17(20)18-11-10-15-8-9-16(21-15)12(2)19/h4-9H,3,10-11H2,1-2H3,(H,18,20). The van der Waals surface area contributed by atoms with Gasteiger partial charge in [-0.3, -0.25) is 9.59 Å². The Labute approximate surface area is 129 Å². The third-order valence-electron chi connectivity index (χ3n) is 3.29. The van der Waals surface area contributed by atoms with Crippen LogP contribution in [0.5, 0.6) is 0 Å². The number of ketones is 1. The van der Waals surface area contributed by atoms with E-state index in [0.717, 1.165) is 22.6 Å². The molecular weight excluding hydrogens is 282 g/mol. The number of carbonyl (C=O) groups excluding carboxylic acids is 2. The summed E-state index contributed by atoms with van der Waals surface area (Å²) in [7, 11) is 0. The molecule has 2 aromatic rings. The van der Waals surface area contributed by atoms with Gasteiger partial charge in [0.25, 0.3) is 5.91 Å². The number of nitrogens with one attached hydrogen (secondary N) is 1. The molecule has 1 aromatic heterocycles. The Balaban J connectivity index is 1.84. The van der Waals surface area contributed by atoms with Crippen molar-refractivity contribution in [2.24, 2.45) is 0 Å². The van der Waals surface area contributed by atoms with E-state index in [-0.39, 0.29) is 11.7 Å². The number of amides is 1. The zero-order valence-corrected chi connectivity index (χ0v) is 13.1. The Morgan fingerprint density at radius 2 is 1.81 bits per heavy atom. The molecule has 0 saturated carbocycles. The minimum atomic E-state index is -0.0546. The quantitative estimate of drug-likeness (QED) is 0.830. The summed E-state index contributed by atoms with van der Waals surface area (Å²) in [5, 5.41) is 2.91. The molecule has 21 heavy (non-hydrogen) atoms. The van der Waals surface area contributed by atoms with Gasteiger partial charge in [-0.05, 0) is 49.6 Å². The summed E-state index contributed by atoms with van der Waals surface area (Å²) in [5.74, 6) is 0.0345. The Kier molecular flexibility index (Phi) is 5.28. The van der Waals surface area contributed by atoms with Crippen LogP contribution in [0.1, 0.15) is 44.3 Å². The number of hydrogen-bond acceptors (Lipinski definition) is 3. The van der Waals surface area contributed by atoms with Gasteiger partial charge in [0, 0.05) is 17.0 Å². The highest BCUT2D eigenvalue weighted by Gasteiger charge is 2.07. The Bertz CT molecular complexity index is 628. The molecule has 2 rings (SSSR count). The van der Waals surface area contributed by atoms with Gasteiger partial charge in [0.05, 0.1) is 4.88 Å². The number of Topliss-reactive ketones (excluding diaryl/α,β-unsaturated/α-hetero) is 1.